The van der Waals surface area contributed by atoms with Gasteiger partial charge in [-0.3, -0.25) is 9.88 Å². The van der Waals surface area contributed by atoms with Gasteiger partial charge in [0.1, 0.15) is 0 Å². The molecular formula is C16H27N3. The van der Waals surface area contributed by atoms with Crippen molar-refractivity contribution in [2.75, 3.05) is 19.6 Å². The molecule has 1 saturated heterocycles. The van der Waals surface area contributed by atoms with Gasteiger partial charge in [0.2, 0.25) is 0 Å². The number of aromatic nitrogens is 1. The third kappa shape index (κ3) is 4.02. The average molecular weight is 261 g/mol. The van der Waals surface area contributed by atoms with Gasteiger partial charge in [-0.1, -0.05) is 26.3 Å². The highest BCUT2D eigenvalue weighted by Gasteiger charge is 2.22. The number of aryl methyl sites for hydroxylation is 1. The molecule has 2 rings (SSSR count). The number of nitrogens with one attached hydrogen (secondary N) is 1. The Labute approximate surface area is 117 Å². The highest BCUT2D eigenvalue weighted by atomic mass is 15.2. The van der Waals surface area contributed by atoms with E-state index in [9.17, 15) is 0 Å². The third-order valence-corrected chi connectivity index (χ3v) is 4.33. The van der Waals surface area contributed by atoms with Crippen molar-refractivity contribution in [3.05, 3.63) is 29.6 Å². The Kier molecular flexibility index (Phi) is 5.34. The van der Waals surface area contributed by atoms with Gasteiger partial charge >= 0.3 is 0 Å². The number of rotatable bonds is 4. The van der Waals surface area contributed by atoms with Gasteiger partial charge in [-0.2, -0.15) is 0 Å². The highest BCUT2D eigenvalue weighted by molar-refractivity contribution is 5.17. The number of nitrogens with zero attached hydrogens (tertiary/aromatic N) is 2. The Balaban J connectivity index is 2.01. The number of hydrogen-bond donors (Lipinski definition) is 1. The molecule has 1 N–H and O–H groups in total. The lowest BCUT2D eigenvalue weighted by atomic mass is 9.99. The Hall–Kier alpha value is -0.930. The van der Waals surface area contributed by atoms with Crippen LogP contribution in [0.3, 0.4) is 0 Å². The van der Waals surface area contributed by atoms with E-state index in [-0.39, 0.29) is 0 Å². The molecule has 19 heavy (non-hydrogen) atoms. The van der Waals surface area contributed by atoms with E-state index in [2.05, 4.69) is 42.0 Å². The second kappa shape index (κ2) is 7.01. The molecule has 2 atom stereocenters. The van der Waals surface area contributed by atoms with E-state index in [1.54, 1.807) is 0 Å². The summed E-state index contributed by atoms with van der Waals surface area (Å²) in [6.45, 7) is 11.2. The molecule has 1 aliphatic rings. The summed E-state index contributed by atoms with van der Waals surface area (Å²) >= 11 is 0. The smallest absolute Gasteiger partial charge is 0.0573 e. The van der Waals surface area contributed by atoms with Crippen molar-refractivity contribution in [3.8, 4) is 0 Å². The van der Waals surface area contributed by atoms with Crippen LogP contribution in [-0.4, -0.2) is 35.6 Å². The quantitative estimate of drug-likeness (QED) is 0.903. The lowest BCUT2D eigenvalue weighted by Crippen LogP contribution is -2.41. The van der Waals surface area contributed by atoms with Crippen molar-refractivity contribution in [2.24, 2.45) is 5.92 Å². The van der Waals surface area contributed by atoms with Gasteiger partial charge < -0.3 is 5.32 Å². The van der Waals surface area contributed by atoms with Gasteiger partial charge in [-0.05, 0) is 44.0 Å². The van der Waals surface area contributed by atoms with Crippen LogP contribution >= 0.6 is 0 Å². The number of pyridine rings is 1. The van der Waals surface area contributed by atoms with Crippen LogP contribution in [0.2, 0.25) is 0 Å². The zero-order chi connectivity index (χ0) is 13.7. The summed E-state index contributed by atoms with van der Waals surface area (Å²) in [7, 11) is 0. The summed E-state index contributed by atoms with van der Waals surface area (Å²) in [6.07, 6.45) is 4.39. The van der Waals surface area contributed by atoms with E-state index in [1.165, 1.54) is 30.6 Å². The van der Waals surface area contributed by atoms with E-state index >= 15 is 0 Å². The predicted molar refractivity (Wildman–Crippen MR) is 80.1 cm³/mol. The fourth-order valence-corrected chi connectivity index (χ4v) is 2.73. The van der Waals surface area contributed by atoms with Gasteiger partial charge in [0.05, 0.1) is 5.69 Å². The molecule has 1 fully saturated rings. The first-order chi connectivity index (χ1) is 9.20. The predicted octanol–water partition coefficient (Wildman–Crippen LogP) is 2.60. The third-order valence-electron chi connectivity index (χ3n) is 4.33. The van der Waals surface area contributed by atoms with E-state index in [0.717, 1.165) is 25.6 Å². The summed E-state index contributed by atoms with van der Waals surface area (Å²) in [4.78, 5) is 7.09. The van der Waals surface area contributed by atoms with Crippen LogP contribution in [0.15, 0.2) is 18.3 Å². The summed E-state index contributed by atoms with van der Waals surface area (Å²) in [5.74, 6) is 0.741. The summed E-state index contributed by atoms with van der Waals surface area (Å²) in [5, 5.41) is 3.70. The zero-order valence-corrected chi connectivity index (χ0v) is 12.5. The fraction of sp³-hybridized carbons (Fsp3) is 0.688. The molecule has 3 heteroatoms. The van der Waals surface area contributed by atoms with Gasteiger partial charge in [-0.25, -0.2) is 0 Å². The van der Waals surface area contributed by atoms with Crippen molar-refractivity contribution in [1.82, 2.24) is 15.2 Å². The molecule has 3 nitrogen and oxygen atoms in total. The van der Waals surface area contributed by atoms with Crippen molar-refractivity contribution in [3.63, 3.8) is 0 Å². The lowest BCUT2D eigenvalue weighted by Gasteiger charge is -2.28. The first-order valence-corrected chi connectivity index (χ1v) is 7.57. The summed E-state index contributed by atoms with van der Waals surface area (Å²) < 4.78 is 0. The lowest BCUT2D eigenvalue weighted by molar-refractivity contribution is 0.229. The Morgan fingerprint density at radius 2 is 2.37 bits per heavy atom. The van der Waals surface area contributed by atoms with Crippen LogP contribution in [0, 0.1) is 12.8 Å². The van der Waals surface area contributed by atoms with Crippen LogP contribution in [0.25, 0.3) is 0 Å². The summed E-state index contributed by atoms with van der Waals surface area (Å²) in [5.41, 5.74) is 2.53. The van der Waals surface area contributed by atoms with Crippen LogP contribution in [0.5, 0.6) is 0 Å². The molecule has 0 aromatic carbocycles. The SMILES string of the molecule is CCC(C)C1CN(Cc2ncccc2C)CCCN1. The normalized spacial score (nSPS) is 23.0. The second-order valence-corrected chi connectivity index (χ2v) is 5.80. The molecule has 0 radical (unpaired) electrons. The van der Waals surface area contributed by atoms with E-state index in [0.29, 0.717) is 6.04 Å². The van der Waals surface area contributed by atoms with Gasteiger partial charge in [0, 0.05) is 25.3 Å². The summed E-state index contributed by atoms with van der Waals surface area (Å²) in [6, 6.07) is 4.80. The maximum atomic E-state index is 4.53. The van der Waals surface area contributed by atoms with Gasteiger partial charge in [-0.15, -0.1) is 0 Å². The second-order valence-electron chi connectivity index (χ2n) is 5.80. The largest absolute Gasteiger partial charge is 0.312 e. The molecule has 0 bridgehead atoms. The van der Waals surface area contributed by atoms with Crippen molar-refractivity contribution < 1.29 is 0 Å². The Morgan fingerprint density at radius 3 is 3.11 bits per heavy atom. The van der Waals surface area contributed by atoms with E-state index in [1.807, 2.05) is 12.3 Å². The van der Waals surface area contributed by atoms with Gasteiger partial charge in [0.15, 0.2) is 0 Å². The monoisotopic (exact) mass is 261 g/mol. The molecule has 1 aliphatic heterocycles. The Morgan fingerprint density at radius 1 is 1.53 bits per heavy atom. The van der Waals surface area contributed by atoms with Gasteiger partial charge in [0.25, 0.3) is 0 Å². The first-order valence-electron chi connectivity index (χ1n) is 7.57. The molecule has 2 unspecified atom stereocenters. The topological polar surface area (TPSA) is 28.2 Å². The molecule has 0 amide bonds. The molecule has 1 aromatic heterocycles. The van der Waals surface area contributed by atoms with Crippen LogP contribution in [0.1, 0.15) is 37.9 Å². The highest BCUT2D eigenvalue weighted by Crippen LogP contribution is 2.15. The van der Waals surface area contributed by atoms with E-state index in [4.69, 9.17) is 0 Å². The van der Waals surface area contributed by atoms with Crippen molar-refractivity contribution in [2.45, 2.75) is 46.2 Å². The maximum Gasteiger partial charge on any atom is 0.0573 e. The average Bonchev–Trinajstić information content (AvgIpc) is 2.66. The minimum atomic E-state index is 0.622. The molecule has 0 spiro atoms. The molecular weight excluding hydrogens is 234 g/mol. The van der Waals surface area contributed by atoms with E-state index < -0.39 is 0 Å². The molecule has 0 aliphatic carbocycles. The fourth-order valence-electron chi connectivity index (χ4n) is 2.73. The van der Waals surface area contributed by atoms with Crippen molar-refractivity contribution in [1.29, 1.82) is 0 Å². The molecule has 106 valence electrons. The minimum absolute atomic E-state index is 0.622. The van der Waals surface area contributed by atoms with Crippen LogP contribution in [-0.2, 0) is 6.54 Å². The minimum Gasteiger partial charge on any atom is -0.312 e. The molecule has 1 aromatic rings. The van der Waals surface area contributed by atoms with Crippen molar-refractivity contribution >= 4 is 0 Å². The molecule has 2 heterocycles. The number of hydrogen-bond acceptors (Lipinski definition) is 3. The maximum absolute atomic E-state index is 4.53. The first kappa shape index (κ1) is 14.5. The van der Waals surface area contributed by atoms with Crippen LogP contribution < -0.4 is 5.32 Å². The van der Waals surface area contributed by atoms with Crippen LogP contribution in [0.4, 0.5) is 0 Å². The zero-order valence-electron chi connectivity index (χ0n) is 12.5. The standard InChI is InChI=1S/C16H27N3/c1-4-13(2)15-11-19(10-6-9-18-15)12-16-14(3)7-5-8-17-16/h5,7-8,13,15,18H,4,6,9-12H2,1-3H3. The molecule has 0 saturated carbocycles. The Bertz CT molecular complexity index is 391.